The summed E-state index contributed by atoms with van der Waals surface area (Å²) in [6, 6.07) is 0. The van der Waals surface area contributed by atoms with Gasteiger partial charge in [-0.15, -0.1) is 12.4 Å². The van der Waals surface area contributed by atoms with Gasteiger partial charge in [-0.25, -0.2) is 0 Å². The molecule has 16 heavy (non-hydrogen) atoms. The van der Waals surface area contributed by atoms with Gasteiger partial charge in [0.1, 0.15) is 0 Å². The molecule has 4 rings (SSSR count). The summed E-state index contributed by atoms with van der Waals surface area (Å²) in [5.74, 6) is 2.92. The maximum atomic E-state index is 6.27. The Balaban J connectivity index is 0.000000963. The highest BCUT2D eigenvalue weighted by atomic mass is 35.5. The van der Waals surface area contributed by atoms with Gasteiger partial charge >= 0.3 is 0 Å². The van der Waals surface area contributed by atoms with Crippen LogP contribution in [0, 0.1) is 17.8 Å². The lowest BCUT2D eigenvalue weighted by atomic mass is 9.54. The van der Waals surface area contributed by atoms with Gasteiger partial charge in [-0.3, -0.25) is 0 Å². The summed E-state index contributed by atoms with van der Waals surface area (Å²) in [4.78, 5) is 0. The summed E-state index contributed by atoms with van der Waals surface area (Å²) in [5.41, 5.74) is 5.92. The van der Waals surface area contributed by atoms with E-state index in [0.29, 0.717) is 6.54 Å². The minimum atomic E-state index is 0. The molecule has 0 aliphatic heterocycles. The van der Waals surface area contributed by atoms with E-state index in [4.69, 9.17) is 10.5 Å². The first kappa shape index (κ1) is 12.7. The van der Waals surface area contributed by atoms with E-state index < -0.39 is 0 Å². The molecule has 4 aliphatic carbocycles. The molecule has 94 valence electrons. The second-order valence-electron chi connectivity index (χ2n) is 6.26. The van der Waals surface area contributed by atoms with Gasteiger partial charge in [0.25, 0.3) is 0 Å². The Morgan fingerprint density at radius 2 is 1.56 bits per heavy atom. The van der Waals surface area contributed by atoms with E-state index in [9.17, 15) is 0 Å². The Morgan fingerprint density at radius 1 is 1.12 bits per heavy atom. The van der Waals surface area contributed by atoms with Crippen LogP contribution in [0.5, 0.6) is 0 Å². The summed E-state index contributed by atoms with van der Waals surface area (Å²) < 4.78 is 6.27. The number of rotatable bonds is 3. The van der Waals surface area contributed by atoms with Crippen molar-refractivity contribution in [2.75, 3.05) is 6.54 Å². The minimum Gasteiger partial charge on any atom is -0.371 e. The van der Waals surface area contributed by atoms with Gasteiger partial charge in [0.15, 0.2) is 0 Å². The first-order chi connectivity index (χ1) is 7.19. The molecule has 0 saturated heterocycles. The normalized spacial score (nSPS) is 46.5. The molecule has 0 heterocycles. The van der Waals surface area contributed by atoms with E-state index in [0.717, 1.165) is 17.8 Å². The highest BCUT2D eigenvalue weighted by Crippen LogP contribution is 2.57. The third-order valence-corrected chi connectivity index (χ3v) is 4.77. The van der Waals surface area contributed by atoms with Crippen LogP contribution in [0.15, 0.2) is 0 Å². The number of halogens is 1. The fourth-order valence-electron chi connectivity index (χ4n) is 4.65. The Labute approximate surface area is 105 Å². The maximum Gasteiger partial charge on any atom is 0.0694 e. The molecule has 0 spiro atoms. The Hall–Kier alpha value is 0.210. The number of hydrogen-bond donors (Lipinski definition) is 1. The van der Waals surface area contributed by atoms with Gasteiger partial charge in [0.2, 0.25) is 0 Å². The van der Waals surface area contributed by atoms with E-state index in [1.807, 2.05) is 0 Å². The van der Waals surface area contributed by atoms with Crippen molar-refractivity contribution < 1.29 is 4.74 Å². The van der Waals surface area contributed by atoms with E-state index >= 15 is 0 Å². The smallest absolute Gasteiger partial charge is 0.0694 e. The molecule has 4 saturated carbocycles. The average Bonchev–Trinajstić information content (AvgIpc) is 2.14. The van der Waals surface area contributed by atoms with Crippen LogP contribution >= 0.6 is 12.4 Å². The molecule has 0 amide bonds. The highest BCUT2D eigenvalue weighted by molar-refractivity contribution is 5.85. The van der Waals surface area contributed by atoms with Crippen molar-refractivity contribution in [1.82, 2.24) is 0 Å². The summed E-state index contributed by atoms with van der Waals surface area (Å²) in [5, 5.41) is 0. The lowest BCUT2D eigenvalue weighted by molar-refractivity contribution is -0.182. The molecule has 2 nitrogen and oxygen atoms in total. The number of hydrogen-bond acceptors (Lipinski definition) is 2. The summed E-state index contributed by atoms with van der Waals surface area (Å²) in [6.45, 7) is 2.79. The predicted molar refractivity (Wildman–Crippen MR) is 67.8 cm³/mol. The minimum absolute atomic E-state index is 0. The SMILES string of the molecule is CC(CN)OC12CC3CC(CC(C3)C1)C2.Cl. The lowest BCUT2D eigenvalue weighted by Gasteiger charge is -2.56. The van der Waals surface area contributed by atoms with Crippen molar-refractivity contribution in [3.05, 3.63) is 0 Å². The van der Waals surface area contributed by atoms with Crippen LogP contribution in [0.1, 0.15) is 45.4 Å². The fraction of sp³-hybridized carbons (Fsp3) is 1.00. The average molecular weight is 246 g/mol. The molecule has 0 aromatic carbocycles. The molecular weight excluding hydrogens is 222 g/mol. The fourth-order valence-corrected chi connectivity index (χ4v) is 4.65. The van der Waals surface area contributed by atoms with Crippen molar-refractivity contribution in [3.63, 3.8) is 0 Å². The predicted octanol–water partition coefficient (Wildman–Crippen LogP) is 2.74. The van der Waals surface area contributed by atoms with Crippen LogP contribution in [0.4, 0.5) is 0 Å². The van der Waals surface area contributed by atoms with Crippen LogP contribution in [0.25, 0.3) is 0 Å². The quantitative estimate of drug-likeness (QED) is 0.830. The summed E-state index contributed by atoms with van der Waals surface area (Å²) in [6.07, 6.45) is 8.68. The van der Waals surface area contributed by atoms with Gasteiger partial charge in [-0.1, -0.05) is 0 Å². The molecule has 3 heteroatoms. The zero-order chi connectivity index (χ0) is 10.5. The molecule has 4 aliphatic rings. The van der Waals surface area contributed by atoms with Gasteiger partial charge in [0.05, 0.1) is 11.7 Å². The largest absolute Gasteiger partial charge is 0.371 e. The number of nitrogens with two attached hydrogens (primary N) is 1. The summed E-state index contributed by atoms with van der Waals surface area (Å²) >= 11 is 0. The van der Waals surface area contributed by atoms with Crippen molar-refractivity contribution in [2.45, 2.75) is 57.2 Å². The molecule has 2 N–H and O–H groups in total. The van der Waals surface area contributed by atoms with Crippen LogP contribution in [-0.2, 0) is 4.74 Å². The van der Waals surface area contributed by atoms with E-state index in [1.165, 1.54) is 38.5 Å². The van der Waals surface area contributed by atoms with Crippen LogP contribution in [0.2, 0.25) is 0 Å². The van der Waals surface area contributed by atoms with E-state index in [2.05, 4.69) is 6.92 Å². The highest BCUT2D eigenvalue weighted by Gasteiger charge is 2.52. The van der Waals surface area contributed by atoms with Gasteiger partial charge in [-0.05, 0) is 63.2 Å². The van der Waals surface area contributed by atoms with Gasteiger partial charge in [-0.2, -0.15) is 0 Å². The first-order valence-corrected chi connectivity index (χ1v) is 6.57. The van der Waals surface area contributed by atoms with Crippen molar-refractivity contribution in [3.8, 4) is 0 Å². The second-order valence-corrected chi connectivity index (χ2v) is 6.26. The third kappa shape index (κ3) is 2.12. The molecule has 0 aromatic rings. The Morgan fingerprint density at radius 3 is 1.94 bits per heavy atom. The first-order valence-electron chi connectivity index (χ1n) is 6.57. The van der Waals surface area contributed by atoms with Crippen LogP contribution < -0.4 is 5.73 Å². The topological polar surface area (TPSA) is 35.2 Å². The summed E-state index contributed by atoms with van der Waals surface area (Å²) in [7, 11) is 0. The monoisotopic (exact) mass is 245 g/mol. The second kappa shape index (κ2) is 4.47. The van der Waals surface area contributed by atoms with Crippen molar-refractivity contribution >= 4 is 12.4 Å². The molecule has 1 unspecified atom stereocenters. The number of ether oxygens (including phenoxy) is 1. The molecule has 4 bridgehead atoms. The Bertz CT molecular complexity index is 221. The van der Waals surface area contributed by atoms with Gasteiger partial charge in [0, 0.05) is 6.54 Å². The Kier molecular flexibility index (Phi) is 3.54. The van der Waals surface area contributed by atoms with Gasteiger partial charge < -0.3 is 10.5 Å². The van der Waals surface area contributed by atoms with Crippen LogP contribution in [0.3, 0.4) is 0 Å². The van der Waals surface area contributed by atoms with E-state index in [-0.39, 0.29) is 24.1 Å². The zero-order valence-electron chi connectivity index (χ0n) is 10.2. The van der Waals surface area contributed by atoms with Crippen LogP contribution in [-0.4, -0.2) is 18.2 Å². The molecular formula is C13H24ClNO. The molecule has 0 radical (unpaired) electrons. The van der Waals surface area contributed by atoms with Crippen molar-refractivity contribution in [2.24, 2.45) is 23.5 Å². The third-order valence-electron chi connectivity index (χ3n) is 4.77. The standard InChI is InChI=1S/C13H23NO.ClH/c1-9(8-14)15-13-5-10-2-11(6-13)4-12(3-10)7-13;/h9-12H,2-8,14H2,1H3;1H. The van der Waals surface area contributed by atoms with E-state index in [1.54, 1.807) is 0 Å². The van der Waals surface area contributed by atoms with Crippen molar-refractivity contribution in [1.29, 1.82) is 0 Å². The zero-order valence-corrected chi connectivity index (χ0v) is 11.0. The maximum absolute atomic E-state index is 6.27. The lowest BCUT2D eigenvalue weighted by Crippen LogP contribution is -2.53. The molecule has 4 fully saturated rings. The molecule has 1 atom stereocenters. The molecule has 0 aromatic heterocycles.